The first-order valence-electron chi connectivity index (χ1n) is 8.31. The van der Waals surface area contributed by atoms with Gasteiger partial charge in [0.05, 0.1) is 14.6 Å². The van der Waals surface area contributed by atoms with Gasteiger partial charge in [0.25, 0.3) is 5.91 Å². The van der Waals surface area contributed by atoms with Gasteiger partial charge in [-0.3, -0.25) is 9.69 Å². The van der Waals surface area contributed by atoms with Gasteiger partial charge in [0.1, 0.15) is 5.82 Å². The van der Waals surface area contributed by atoms with Crippen LogP contribution in [-0.4, -0.2) is 35.5 Å². The molecule has 2 aromatic rings. The van der Waals surface area contributed by atoms with E-state index in [-0.39, 0.29) is 34.9 Å². The van der Waals surface area contributed by atoms with E-state index in [1.54, 1.807) is 12.1 Å². The number of piperidine rings is 3. The fraction of sp³-hybridized carbons (Fsp3) is 0.500. The second-order valence-electron chi connectivity index (χ2n) is 7.32. The van der Waals surface area contributed by atoms with E-state index in [2.05, 4.69) is 24.1 Å². The number of nitrogens with one attached hydrogen (secondary N) is 1. The third-order valence-electron chi connectivity index (χ3n) is 5.68. The highest BCUT2D eigenvalue weighted by Crippen LogP contribution is 2.39. The monoisotopic (exact) mass is 402 g/mol. The standard InChI is InChI=1S/C18H20ClFN2OS.ClH/c1-18(2)16(10-5-7-22(18)8-6-10)21-17(23)13-9-11-3-4-12(20)14(19)15(11)24-13;/h3-4,9-10,16H,5-8H2,1-2H3,(H,21,23);1H/t16-;/m1./s1. The number of carbonyl (C=O) groups excluding carboxylic acids is 1. The Labute approximate surface area is 161 Å². The van der Waals surface area contributed by atoms with E-state index in [0.717, 1.165) is 31.3 Å². The first kappa shape index (κ1) is 18.9. The van der Waals surface area contributed by atoms with Crippen LogP contribution >= 0.6 is 35.3 Å². The lowest BCUT2D eigenvalue weighted by Crippen LogP contribution is -2.69. The minimum absolute atomic E-state index is 0. The fourth-order valence-electron chi connectivity index (χ4n) is 4.25. The van der Waals surface area contributed by atoms with Gasteiger partial charge < -0.3 is 5.32 Å². The average molecular weight is 403 g/mol. The molecule has 0 radical (unpaired) electrons. The Kier molecular flexibility index (Phi) is 5.06. The van der Waals surface area contributed by atoms with E-state index in [1.165, 1.54) is 17.4 Å². The SMILES string of the molecule is CC1(C)[C@H](NC(=O)c2cc3ccc(F)c(Cl)c3s2)C2CCN1CC2.Cl. The van der Waals surface area contributed by atoms with Crippen molar-refractivity contribution >= 4 is 51.3 Å². The maximum atomic E-state index is 13.6. The molecular weight excluding hydrogens is 382 g/mol. The van der Waals surface area contributed by atoms with Gasteiger partial charge in [0.15, 0.2) is 0 Å². The number of halogens is 3. The highest BCUT2D eigenvalue weighted by Gasteiger charge is 2.48. The first-order valence-corrected chi connectivity index (χ1v) is 9.51. The quantitative estimate of drug-likeness (QED) is 0.787. The number of amides is 1. The van der Waals surface area contributed by atoms with E-state index in [4.69, 9.17) is 11.6 Å². The van der Waals surface area contributed by atoms with Gasteiger partial charge in [-0.25, -0.2) is 4.39 Å². The summed E-state index contributed by atoms with van der Waals surface area (Å²) in [6.45, 7) is 6.64. The van der Waals surface area contributed by atoms with Crippen molar-refractivity contribution in [1.82, 2.24) is 10.2 Å². The number of nitrogens with zero attached hydrogens (tertiary/aromatic N) is 1. The van der Waals surface area contributed by atoms with Crippen molar-refractivity contribution in [1.29, 1.82) is 0 Å². The van der Waals surface area contributed by atoms with Crippen LogP contribution in [0.4, 0.5) is 4.39 Å². The van der Waals surface area contributed by atoms with Crippen LogP contribution in [0.15, 0.2) is 18.2 Å². The van der Waals surface area contributed by atoms with Gasteiger partial charge in [-0.05, 0) is 63.2 Å². The molecule has 0 saturated carbocycles. The summed E-state index contributed by atoms with van der Waals surface area (Å²) >= 11 is 7.29. The van der Waals surface area contributed by atoms with Crippen molar-refractivity contribution in [2.75, 3.05) is 13.1 Å². The Morgan fingerprint density at radius 3 is 2.68 bits per heavy atom. The van der Waals surface area contributed by atoms with Crippen LogP contribution in [0.1, 0.15) is 36.4 Å². The van der Waals surface area contributed by atoms with Gasteiger partial charge in [0.2, 0.25) is 0 Å². The molecule has 4 heterocycles. The molecule has 5 rings (SSSR count). The Hall–Kier alpha value is -0.880. The van der Waals surface area contributed by atoms with E-state index < -0.39 is 5.82 Å². The van der Waals surface area contributed by atoms with Crippen LogP contribution in [0.3, 0.4) is 0 Å². The van der Waals surface area contributed by atoms with E-state index in [0.29, 0.717) is 15.5 Å². The second kappa shape index (κ2) is 6.69. The number of benzene rings is 1. The summed E-state index contributed by atoms with van der Waals surface area (Å²) < 4.78 is 14.2. The molecule has 1 atom stereocenters. The number of fused-ring (bicyclic) bond motifs is 4. The zero-order chi connectivity index (χ0) is 17.1. The smallest absolute Gasteiger partial charge is 0.261 e. The summed E-state index contributed by atoms with van der Waals surface area (Å²) in [5.74, 6) is 0.000332. The minimum atomic E-state index is -0.448. The number of hydrogen-bond acceptors (Lipinski definition) is 3. The van der Waals surface area contributed by atoms with Gasteiger partial charge in [-0.1, -0.05) is 17.7 Å². The molecule has 7 heteroatoms. The van der Waals surface area contributed by atoms with Gasteiger partial charge in [-0.2, -0.15) is 0 Å². The Balaban J connectivity index is 0.00000182. The number of hydrogen-bond donors (Lipinski definition) is 1. The van der Waals surface area contributed by atoms with Crippen molar-refractivity contribution in [3.63, 3.8) is 0 Å². The van der Waals surface area contributed by atoms with Crippen LogP contribution in [-0.2, 0) is 0 Å². The summed E-state index contributed by atoms with van der Waals surface area (Å²) in [6.07, 6.45) is 2.27. The molecule has 3 aliphatic heterocycles. The highest BCUT2D eigenvalue weighted by atomic mass is 35.5. The third kappa shape index (κ3) is 3.05. The topological polar surface area (TPSA) is 32.3 Å². The molecule has 0 spiro atoms. The molecule has 1 aromatic heterocycles. The van der Waals surface area contributed by atoms with Crippen LogP contribution < -0.4 is 5.32 Å². The number of carbonyl (C=O) groups is 1. The van der Waals surface area contributed by atoms with Crippen molar-refractivity contribution in [3.05, 3.63) is 33.9 Å². The Morgan fingerprint density at radius 2 is 2.04 bits per heavy atom. The fourth-order valence-corrected chi connectivity index (χ4v) is 5.52. The van der Waals surface area contributed by atoms with Crippen LogP contribution in [0.2, 0.25) is 5.02 Å². The Bertz CT molecular complexity index is 815. The molecule has 2 bridgehead atoms. The summed E-state index contributed by atoms with van der Waals surface area (Å²) in [6, 6.07) is 4.96. The predicted molar refractivity (Wildman–Crippen MR) is 104 cm³/mol. The molecule has 3 aliphatic rings. The molecule has 25 heavy (non-hydrogen) atoms. The van der Waals surface area contributed by atoms with Gasteiger partial charge >= 0.3 is 0 Å². The van der Waals surface area contributed by atoms with Crippen molar-refractivity contribution < 1.29 is 9.18 Å². The average Bonchev–Trinajstić information content (AvgIpc) is 3.00. The summed E-state index contributed by atoms with van der Waals surface area (Å²) in [4.78, 5) is 15.8. The molecule has 3 fully saturated rings. The molecule has 1 aromatic carbocycles. The summed E-state index contributed by atoms with van der Waals surface area (Å²) in [5.41, 5.74) is -0.0305. The zero-order valence-electron chi connectivity index (χ0n) is 14.1. The van der Waals surface area contributed by atoms with Crippen LogP contribution in [0.5, 0.6) is 0 Å². The van der Waals surface area contributed by atoms with Crippen molar-refractivity contribution in [2.24, 2.45) is 5.92 Å². The molecule has 0 aliphatic carbocycles. The maximum absolute atomic E-state index is 13.6. The van der Waals surface area contributed by atoms with Gasteiger partial charge in [-0.15, -0.1) is 23.7 Å². The van der Waals surface area contributed by atoms with E-state index in [1.807, 2.05) is 0 Å². The molecule has 3 saturated heterocycles. The molecule has 0 unspecified atom stereocenters. The van der Waals surface area contributed by atoms with Gasteiger partial charge in [0, 0.05) is 11.6 Å². The minimum Gasteiger partial charge on any atom is -0.346 e. The molecular formula is C18H21Cl2FN2OS. The lowest BCUT2D eigenvalue weighted by molar-refractivity contribution is -0.0377. The normalized spacial score (nSPS) is 27.1. The summed E-state index contributed by atoms with van der Waals surface area (Å²) in [5, 5.41) is 4.15. The number of rotatable bonds is 2. The van der Waals surface area contributed by atoms with E-state index in [9.17, 15) is 9.18 Å². The van der Waals surface area contributed by atoms with Crippen LogP contribution in [0, 0.1) is 11.7 Å². The predicted octanol–water partition coefficient (Wildman–Crippen LogP) is 4.72. The maximum Gasteiger partial charge on any atom is 0.261 e. The Morgan fingerprint density at radius 1 is 1.36 bits per heavy atom. The summed E-state index contributed by atoms with van der Waals surface area (Å²) in [7, 11) is 0. The first-order chi connectivity index (χ1) is 11.4. The lowest BCUT2D eigenvalue weighted by Gasteiger charge is -2.56. The van der Waals surface area contributed by atoms with Crippen LogP contribution in [0.25, 0.3) is 10.1 Å². The largest absolute Gasteiger partial charge is 0.346 e. The lowest BCUT2D eigenvalue weighted by atomic mass is 9.72. The molecule has 1 amide bonds. The molecule has 136 valence electrons. The highest BCUT2D eigenvalue weighted by molar-refractivity contribution is 7.21. The molecule has 1 N–H and O–H groups in total. The van der Waals surface area contributed by atoms with Crippen molar-refractivity contribution in [3.8, 4) is 0 Å². The zero-order valence-corrected chi connectivity index (χ0v) is 16.5. The molecule has 3 nitrogen and oxygen atoms in total. The van der Waals surface area contributed by atoms with E-state index >= 15 is 0 Å². The number of thiophene rings is 1. The second-order valence-corrected chi connectivity index (χ2v) is 8.75. The third-order valence-corrected chi connectivity index (χ3v) is 7.33. The van der Waals surface area contributed by atoms with Crippen molar-refractivity contribution in [2.45, 2.75) is 38.3 Å².